The van der Waals surface area contributed by atoms with E-state index in [1.165, 1.54) is 36.1 Å². The van der Waals surface area contributed by atoms with Crippen molar-refractivity contribution in [1.82, 2.24) is 24.9 Å². The van der Waals surface area contributed by atoms with Gasteiger partial charge in [-0.25, -0.2) is 19.9 Å². The van der Waals surface area contributed by atoms with Gasteiger partial charge in [0.15, 0.2) is 5.65 Å². The lowest BCUT2D eigenvalue weighted by atomic mass is 9.84. The summed E-state index contributed by atoms with van der Waals surface area (Å²) < 4.78 is 6.14. The molecule has 4 aromatic rings. The quantitative estimate of drug-likeness (QED) is 0.500. The lowest BCUT2D eigenvalue weighted by Crippen LogP contribution is -2.29. The van der Waals surface area contributed by atoms with E-state index in [0.717, 1.165) is 65.6 Å². The Morgan fingerprint density at radius 1 is 1.06 bits per heavy atom. The minimum Gasteiger partial charge on any atom is -0.491 e. The standard InChI is InChI=1S/C26H26N6O/c1-16-30-22-11-18(13-27-24(22)31-16)17-2-3-23-19(10-17)14-32(8-9-33-23)25-20-12-26(6-7-26)5-4-21(20)28-15-29-25/h2-3,10-11,13,15H,4-9,12,14H2,1H3,(H,27,30,31). The van der Waals surface area contributed by atoms with Gasteiger partial charge in [0.1, 0.15) is 35.8 Å². The van der Waals surface area contributed by atoms with Gasteiger partial charge in [-0.2, -0.15) is 0 Å². The summed E-state index contributed by atoms with van der Waals surface area (Å²) in [7, 11) is 0. The smallest absolute Gasteiger partial charge is 0.157 e. The molecule has 0 amide bonds. The number of rotatable bonds is 2. The number of fused-ring (bicyclic) bond motifs is 3. The second kappa shape index (κ2) is 7.01. The Morgan fingerprint density at radius 3 is 2.91 bits per heavy atom. The fraction of sp³-hybridized carbons (Fsp3) is 0.385. The predicted molar refractivity (Wildman–Crippen MR) is 126 cm³/mol. The number of nitrogens with zero attached hydrogens (tertiary/aromatic N) is 5. The summed E-state index contributed by atoms with van der Waals surface area (Å²) in [4.78, 5) is 24.1. The number of nitrogens with one attached hydrogen (secondary N) is 1. The second-order valence-corrected chi connectivity index (χ2v) is 9.81. The molecule has 7 heteroatoms. The van der Waals surface area contributed by atoms with E-state index in [2.05, 4.69) is 49.1 Å². The molecule has 1 spiro atoms. The number of hydrogen-bond donors (Lipinski definition) is 1. The van der Waals surface area contributed by atoms with Crippen LogP contribution >= 0.6 is 0 Å². The van der Waals surface area contributed by atoms with Crippen molar-refractivity contribution in [2.24, 2.45) is 5.41 Å². The molecular formula is C26H26N6O. The molecule has 7 rings (SSSR count). The number of hydrogen-bond acceptors (Lipinski definition) is 6. The van der Waals surface area contributed by atoms with Crippen LogP contribution in [0.3, 0.4) is 0 Å². The van der Waals surface area contributed by atoms with Gasteiger partial charge in [-0.1, -0.05) is 6.07 Å². The molecule has 2 aliphatic carbocycles. The number of aromatic amines is 1. The number of aryl methyl sites for hydroxylation is 2. The highest BCUT2D eigenvalue weighted by molar-refractivity contribution is 5.78. The minimum absolute atomic E-state index is 0.524. The van der Waals surface area contributed by atoms with Crippen LogP contribution in [-0.4, -0.2) is 38.1 Å². The van der Waals surface area contributed by atoms with Crippen molar-refractivity contribution in [1.29, 1.82) is 0 Å². The Labute approximate surface area is 192 Å². The van der Waals surface area contributed by atoms with Gasteiger partial charge in [0.2, 0.25) is 0 Å². The van der Waals surface area contributed by atoms with Gasteiger partial charge in [-0.3, -0.25) is 0 Å². The SMILES string of the molecule is Cc1nc2cc(-c3ccc4c(c3)CN(c3ncnc5c3CC3(CC5)CC3)CCO4)cnc2[nH]1. The Bertz CT molecular complexity index is 1390. The van der Waals surface area contributed by atoms with Gasteiger partial charge in [-0.15, -0.1) is 0 Å². The van der Waals surface area contributed by atoms with Gasteiger partial charge >= 0.3 is 0 Å². The maximum atomic E-state index is 6.14. The van der Waals surface area contributed by atoms with Crippen LogP contribution in [-0.2, 0) is 19.4 Å². The number of aromatic nitrogens is 5. The van der Waals surface area contributed by atoms with Crippen LogP contribution in [0.25, 0.3) is 22.3 Å². The second-order valence-electron chi connectivity index (χ2n) is 9.81. The third-order valence-corrected chi connectivity index (χ3v) is 7.54. The summed E-state index contributed by atoms with van der Waals surface area (Å²) in [6.45, 7) is 4.19. The molecule has 1 N–H and O–H groups in total. The summed E-state index contributed by atoms with van der Waals surface area (Å²) in [6.07, 6.45) is 9.84. The molecule has 3 aromatic heterocycles. The molecule has 0 unspecified atom stereocenters. The predicted octanol–water partition coefficient (Wildman–Crippen LogP) is 4.39. The highest BCUT2D eigenvalue weighted by Gasteiger charge is 2.46. The van der Waals surface area contributed by atoms with Crippen LogP contribution in [0.5, 0.6) is 5.75 Å². The van der Waals surface area contributed by atoms with E-state index in [4.69, 9.17) is 9.72 Å². The summed E-state index contributed by atoms with van der Waals surface area (Å²) in [5.74, 6) is 2.93. The third kappa shape index (κ3) is 3.25. The Hall–Kier alpha value is -3.48. The van der Waals surface area contributed by atoms with Crippen molar-refractivity contribution in [2.75, 3.05) is 18.1 Å². The fourth-order valence-electron chi connectivity index (χ4n) is 5.48. The van der Waals surface area contributed by atoms with Crippen LogP contribution in [0.2, 0.25) is 0 Å². The topological polar surface area (TPSA) is 79.8 Å². The first-order valence-electron chi connectivity index (χ1n) is 11.8. The van der Waals surface area contributed by atoms with Crippen molar-refractivity contribution in [2.45, 2.75) is 45.6 Å². The van der Waals surface area contributed by atoms with Gasteiger partial charge in [0.05, 0.1) is 6.54 Å². The van der Waals surface area contributed by atoms with Crippen molar-refractivity contribution < 1.29 is 4.74 Å². The molecule has 33 heavy (non-hydrogen) atoms. The van der Waals surface area contributed by atoms with E-state index in [1.807, 2.05) is 13.1 Å². The number of H-pyrrole nitrogens is 1. The van der Waals surface area contributed by atoms with Crippen molar-refractivity contribution in [3.8, 4) is 16.9 Å². The Kier molecular flexibility index (Phi) is 4.04. The number of anilines is 1. The molecule has 0 bridgehead atoms. The summed E-state index contributed by atoms with van der Waals surface area (Å²) in [5, 5.41) is 0. The normalized spacial score (nSPS) is 18.5. The first kappa shape index (κ1) is 19.0. The Morgan fingerprint density at radius 2 is 2.00 bits per heavy atom. The molecule has 1 aromatic carbocycles. The molecule has 0 saturated heterocycles. The lowest BCUT2D eigenvalue weighted by Gasteiger charge is -2.29. The number of pyridine rings is 1. The zero-order valence-electron chi connectivity index (χ0n) is 18.8. The zero-order chi connectivity index (χ0) is 22.0. The highest BCUT2D eigenvalue weighted by Crippen LogP contribution is 2.55. The first-order chi connectivity index (χ1) is 16.2. The van der Waals surface area contributed by atoms with Gasteiger partial charge in [0, 0.05) is 35.1 Å². The fourth-order valence-corrected chi connectivity index (χ4v) is 5.48. The van der Waals surface area contributed by atoms with Crippen molar-refractivity contribution in [3.63, 3.8) is 0 Å². The molecule has 166 valence electrons. The van der Waals surface area contributed by atoms with Crippen molar-refractivity contribution in [3.05, 3.63) is 59.4 Å². The van der Waals surface area contributed by atoms with E-state index < -0.39 is 0 Å². The molecule has 4 heterocycles. The maximum Gasteiger partial charge on any atom is 0.157 e. The molecule has 3 aliphatic rings. The van der Waals surface area contributed by atoms with Crippen LogP contribution in [0, 0.1) is 12.3 Å². The average Bonchev–Trinajstić information content (AvgIpc) is 3.52. The molecule has 1 saturated carbocycles. The number of ether oxygens (including phenoxy) is 1. The first-order valence-corrected chi connectivity index (χ1v) is 11.8. The summed E-state index contributed by atoms with van der Waals surface area (Å²) in [6, 6.07) is 8.52. The van der Waals surface area contributed by atoms with Crippen LogP contribution < -0.4 is 9.64 Å². The van der Waals surface area contributed by atoms with Crippen LogP contribution in [0.15, 0.2) is 36.8 Å². The molecule has 7 nitrogen and oxygen atoms in total. The molecule has 1 aliphatic heterocycles. The molecule has 1 fully saturated rings. The number of benzene rings is 1. The van der Waals surface area contributed by atoms with E-state index in [0.29, 0.717) is 12.0 Å². The Balaban J connectivity index is 1.24. The zero-order valence-corrected chi connectivity index (χ0v) is 18.8. The average molecular weight is 439 g/mol. The highest BCUT2D eigenvalue weighted by atomic mass is 16.5. The van der Waals surface area contributed by atoms with E-state index in [-0.39, 0.29) is 0 Å². The van der Waals surface area contributed by atoms with Gasteiger partial charge in [0.25, 0.3) is 0 Å². The van der Waals surface area contributed by atoms with E-state index in [9.17, 15) is 0 Å². The maximum absolute atomic E-state index is 6.14. The minimum atomic E-state index is 0.524. The summed E-state index contributed by atoms with van der Waals surface area (Å²) in [5.41, 5.74) is 8.19. The third-order valence-electron chi connectivity index (χ3n) is 7.54. The van der Waals surface area contributed by atoms with Gasteiger partial charge in [-0.05, 0) is 68.2 Å². The molecule has 0 radical (unpaired) electrons. The molecular weight excluding hydrogens is 412 g/mol. The van der Waals surface area contributed by atoms with Gasteiger partial charge < -0.3 is 14.6 Å². The number of imidazole rings is 1. The van der Waals surface area contributed by atoms with E-state index in [1.54, 1.807) is 6.33 Å². The summed E-state index contributed by atoms with van der Waals surface area (Å²) >= 11 is 0. The largest absolute Gasteiger partial charge is 0.491 e. The van der Waals surface area contributed by atoms with Crippen LogP contribution in [0.4, 0.5) is 5.82 Å². The lowest BCUT2D eigenvalue weighted by molar-refractivity contribution is 0.331. The van der Waals surface area contributed by atoms with Crippen molar-refractivity contribution >= 4 is 17.0 Å². The van der Waals surface area contributed by atoms with E-state index >= 15 is 0 Å². The van der Waals surface area contributed by atoms with Crippen LogP contribution in [0.1, 0.15) is 41.9 Å². The monoisotopic (exact) mass is 438 g/mol. The molecule has 0 atom stereocenters.